The molecule has 1 fully saturated rings. The third kappa shape index (κ3) is 2.84. The second-order valence-electron chi connectivity index (χ2n) is 5.53. The number of urea groups is 1. The first-order chi connectivity index (χ1) is 8.62. The Kier molecular flexibility index (Phi) is 3.90. The minimum Gasteiger partial charge on any atom is -0.338 e. The predicted molar refractivity (Wildman–Crippen MR) is 73.3 cm³/mol. The largest absolute Gasteiger partial charge is 0.338 e. The molecule has 3 nitrogen and oxygen atoms in total. The quantitative estimate of drug-likeness (QED) is 0.842. The van der Waals surface area contributed by atoms with E-state index in [1.165, 1.54) is 12.0 Å². The van der Waals surface area contributed by atoms with Gasteiger partial charge >= 0.3 is 6.03 Å². The van der Waals surface area contributed by atoms with E-state index < -0.39 is 0 Å². The number of amides is 2. The Morgan fingerprint density at radius 3 is 2.44 bits per heavy atom. The van der Waals surface area contributed by atoms with E-state index in [-0.39, 0.29) is 11.6 Å². The summed E-state index contributed by atoms with van der Waals surface area (Å²) in [6.45, 7) is 4.91. The summed E-state index contributed by atoms with van der Waals surface area (Å²) in [7, 11) is 0. The molecule has 0 radical (unpaired) electrons. The standard InChI is InChI=1S/C15H22N2O/c1-12(2)11-16-14(18)17-15(9-6-10-15)13-7-4-3-5-8-13/h3-5,7-8,12H,6,9-11H2,1-2H3,(H2,16,17,18). The van der Waals surface area contributed by atoms with Gasteiger partial charge in [-0.05, 0) is 30.7 Å². The summed E-state index contributed by atoms with van der Waals surface area (Å²) >= 11 is 0. The second-order valence-corrected chi connectivity index (χ2v) is 5.53. The third-order valence-electron chi connectivity index (χ3n) is 3.56. The van der Waals surface area contributed by atoms with E-state index in [2.05, 4.69) is 36.6 Å². The van der Waals surface area contributed by atoms with Crippen molar-refractivity contribution in [3.8, 4) is 0 Å². The van der Waals surface area contributed by atoms with Crippen LogP contribution in [0.3, 0.4) is 0 Å². The highest BCUT2D eigenvalue weighted by molar-refractivity contribution is 5.75. The summed E-state index contributed by atoms with van der Waals surface area (Å²) in [5.41, 5.74) is 1.08. The van der Waals surface area contributed by atoms with Gasteiger partial charge in [0.2, 0.25) is 0 Å². The van der Waals surface area contributed by atoms with Gasteiger partial charge < -0.3 is 10.6 Å². The van der Waals surface area contributed by atoms with Crippen LogP contribution in [0, 0.1) is 5.92 Å². The molecule has 0 aromatic heterocycles. The molecule has 0 spiro atoms. The van der Waals surface area contributed by atoms with Crippen LogP contribution in [-0.2, 0) is 5.54 Å². The fourth-order valence-electron chi connectivity index (χ4n) is 2.33. The lowest BCUT2D eigenvalue weighted by Gasteiger charge is -2.43. The number of hydrogen-bond donors (Lipinski definition) is 2. The first-order valence-corrected chi connectivity index (χ1v) is 6.74. The van der Waals surface area contributed by atoms with Crippen molar-refractivity contribution in [1.82, 2.24) is 10.6 Å². The third-order valence-corrected chi connectivity index (χ3v) is 3.56. The summed E-state index contributed by atoms with van der Waals surface area (Å²) in [5, 5.41) is 6.08. The van der Waals surface area contributed by atoms with E-state index in [1.807, 2.05) is 18.2 Å². The van der Waals surface area contributed by atoms with Gasteiger partial charge in [-0.1, -0.05) is 44.2 Å². The molecule has 98 valence electrons. The van der Waals surface area contributed by atoms with Crippen molar-refractivity contribution in [2.24, 2.45) is 5.92 Å². The highest BCUT2D eigenvalue weighted by Crippen LogP contribution is 2.40. The van der Waals surface area contributed by atoms with Gasteiger partial charge in [0.25, 0.3) is 0 Å². The SMILES string of the molecule is CC(C)CNC(=O)NC1(c2ccccc2)CCC1. The average Bonchev–Trinajstić information content (AvgIpc) is 2.32. The smallest absolute Gasteiger partial charge is 0.315 e. The highest BCUT2D eigenvalue weighted by atomic mass is 16.2. The van der Waals surface area contributed by atoms with Crippen LogP contribution in [-0.4, -0.2) is 12.6 Å². The Labute approximate surface area is 109 Å². The lowest BCUT2D eigenvalue weighted by Crippen LogP contribution is -2.54. The fraction of sp³-hybridized carbons (Fsp3) is 0.533. The maximum Gasteiger partial charge on any atom is 0.315 e. The number of rotatable bonds is 4. The topological polar surface area (TPSA) is 41.1 Å². The number of benzene rings is 1. The molecule has 0 saturated heterocycles. The number of hydrogen-bond acceptors (Lipinski definition) is 1. The summed E-state index contributed by atoms with van der Waals surface area (Å²) in [4.78, 5) is 11.9. The van der Waals surface area contributed by atoms with E-state index in [9.17, 15) is 4.79 Å². The summed E-state index contributed by atoms with van der Waals surface area (Å²) < 4.78 is 0. The maximum atomic E-state index is 11.9. The first-order valence-electron chi connectivity index (χ1n) is 6.74. The molecule has 0 heterocycles. The molecule has 18 heavy (non-hydrogen) atoms. The van der Waals surface area contributed by atoms with Crippen LogP contribution in [0.1, 0.15) is 38.7 Å². The van der Waals surface area contributed by atoms with Crippen LogP contribution >= 0.6 is 0 Å². The van der Waals surface area contributed by atoms with E-state index in [0.29, 0.717) is 5.92 Å². The molecular weight excluding hydrogens is 224 g/mol. The minimum absolute atomic E-state index is 0.0488. The van der Waals surface area contributed by atoms with Crippen LogP contribution in [0.2, 0.25) is 0 Å². The van der Waals surface area contributed by atoms with E-state index >= 15 is 0 Å². The van der Waals surface area contributed by atoms with Crippen molar-refractivity contribution in [2.45, 2.75) is 38.6 Å². The zero-order valence-corrected chi connectivity index (χ0v) is 11.2. The first kappa shape index (κ1) is 12.9. The van der Waals surface area contributed by atoms with Crippen molar-refractivity contribution in [2.75, 3.05) is 6.54 Å². The second kappa shape index (κ2) is 5.42. The van der Waals surface area contributed by atoms with Crippen molar-refractivity contribution >= 4 is 6.03 Å². The molecule has 0 atom stereocenters. The van der Waals surface area contributed by atoms with Gasteiger partial charge in [-0.15, -0.1) is 0 Å². The molecule has 1 aliphatic rings. The molecule has 1 aliphatic carbocycles. The zero-order chi connectivity index (χ0) is 13.0. The van der Waals surface area contributed by atoms with Gasteiger partial charge in [-0.3, -0.25) is 0 Å². The average molecular weight is 246 g/mol. The Bertz CT molecular complexity index is 396. The van der Waals surface area contributed by atoms with Gasteiger partial charge in [0, 0.05) is 6.54 Å². The monoisotopic (exact) mass is 246 g/mol. The molecule has 1 aromatic carbocycles. The predicted octanol–water partition coefficient (Wildman–Crippen LogP) is 3.02. The molecule has 0 aliphatic heterocycles. The van der Waals surface area contributed by atoms with Crippen molar-refractivity contribution < 1.29 is 4.79 Å². The van der Waals surface area contributed by atoms with Crippen LogP contribution in [0.4, 0.5) is 4.79 Å². The summed E-state index contributed by atoms with van der Waals surface area (Å²) in [6, 6.07) is 10.2. The Balaban J connectivity index is 1.99. The molecule has 1 saturated carbocycles. The van der Waals surface area contributed by atoms with Crippen LogP contribution in [0.25, 0.3) is 0 Å². The Morgan fingerprint density at radius 1 is 1.28 bits per heavy atom. The molecule has 3 heteroatoms. The number of carbonyl (C=O) groups excluding carboxylic acids is 1. The Hall–Kier alpha value is -1.51. The molecule has 0 bridgehead atoms. The van der Waals surface area contributed by atoms with Crippen molar-refractivity contribution in [1.29, 1.82) is 0 Å². The van der Waals surface area contributed by atoms with Crippen LogP contribution in [0.15, 0.2) is 30.3 Å². The van der Waals surface area contributed by atoms with E-state index in [0.717, 1.165) is 19.4 Å². The van der Waals surface area contributed by atoms with E-state index in [1.54, 1.807) is 0 Å². The summed E-state index contributed by atoms with van der Waals surface area (Å²) in [5.74, 6) is 0.477. The lowest BCUT2D eigenvalue weighted by atomic mass is 9.72. The highest BCUT2D eigenvalue weighted by Gasteiger charge is 2.39. The van der Waals surface area contributed by atoms with Gasteiger partial charge in [0.15, 0.2) is 0 Å². The van der Waals surface area contributed by atoms with Gasteiger partial charge in [-0.2, -0.15) is 0 Å². The Morgan fingerprint density at radius 2 is 1.94 bits per heavy atom. The molecule has 1 aromatic rings. The fourth-order valence-corrected chi connectivity index (χ4v) is 2.33. The van der Waals surface area contributed by atoms with Crippen molar-refractivity contribution in [3.05, 3.63) is 35.9 Å². The molecule has 0 unspecified atom stereocenters. The molecular formula is C15H22N2O. The number of nitrogens with one attached hydrogen (secondary N) is 2. The van der Waals surface area contributed by atoms with Gasteiger partial charge in [0.05, 0.1) is 5.54 Å². The van der Waals surface area contributed by atoms with Crippen molar-refractivity contribution in [3.63, 3.8) is 0 Å². The molecule has 2 rings (SSSR count). The lowest BCUT2D eigenvalue weighted by molar-refractivity contribution is 0.176. The van der Waals surface area contributed by atoms with Gasteiger partial charge in [0.1, 0.15) is 0 Å². The normalized spacial score (nSPS) is 17.1. The van der Waals surface area contributed by atoms with Gasteiger partial charge in [-0.25, -0.2) is 4.79 Å². The van der Waals surface area contributed by atoms with Crippen LogP contribution in [0.5, 0.6) is 0 Å². The molecule has 2 amide bonds. The van der Waals surface area contributed by atoms with Crippen LogP contribution < -0.4 is 10.6 Å². The zero-order valence-electron chi connectivity index (χ0n) is 11.2. The summed E-state index contributed by atoms with van der Waals surface area (Å²) in [6.07, 6.45) is 3.25. The maximum absolute atomic E-state index is 11.9. The number of carbonyl (C=O) groups is 1. The van der Waals surface area contributed by atoms with E-state index in [4.69, 9.17) is 0 Å². The minimum atomic E-state index is -0.137. The molecule has 2 N–H and O–H groups in total.